The Morgan fingerprint density at radius 2 is 1.82 bits per heavy atom. The summed E-state index contributed by atoms with van der Waals surface area (Å²) >= 11 is 0. The van der Waals surface area contributed by atoms with Crippen molar-refractivity contribution in [1.29, 1.82) is 0 Å². The van der Waals surface area contributed by atoms with Crippen LogP contribution in [0, 0.1) is 11.8 Å². The van der Waals surface area contributed by atoms with E-state index in [1.165, 1.54) is 0 Å². The fourth-order valence-corrected chi connectivity index (χ4v) is 4.38. The van der Waals surface area contributed by atoms with Crippen LogP contribution in [0.15, 0.2) is 24.3 Å². The van der Waals surface area contributed by atoms with Gasteiger partial charge in [0.25, 0.3) is 0 Å². The molecule has 0 radical (unpaired) electrons. The van der Waals surface area contributed by atoms with Gasteiger partial charge in [-0.25, -0.2) is 4.79 Å². The Morgan fingerprint density at radius 3 is 2.46 bits per heavy atom. The summed E-state index contributed by atoms with van der Waals surface area (Å²) in [7, 11) is 1.66. The van der Waals surface area contributed by atoms with Crippen molar-refractivity contribution in [3.8, 4) is 5.75 Å². The molecule has 1 aromatic carbocycles. The highest BCUT2D eigenvalue weighted by molar-refractivity contribution is 5.75. The van der Waals surface area contributed by atoms with Gasteiger partial charge in [0, 0.05) is 13.1 Å². The lowest BCUT2D eigenvalue weighted by Crippen LogP contribution is -2.42. The van der Waals surface area contributed by atoms with E-state index in [1.54, 1.807) is 7.11 Å². The number of likely N-dealkylation sites (tertiary alicyclic amines) is 1. The number of rotatable bonds is 6. The number of esters is 1. The summed E-state index contributed by atoms with van der Waals surface area (Å²) in [6, 6.07) is 8.14. The molecule has 0 spiro atoms. The molecule has 154 valence electrons. The minimum Gasteiger partial charge on any atom is -0.497 e. The molecule has 0 bridgehead atoms. The third kappa shape index (κ3) is 4.97. The average molecular weight is 389 g/mol. The van der Waals surface area contributed by atoms with Gasteiger partial charge in [-0.05, 0) is 69.1 Å². The van der Waals surface area contributed by atoms with E-state index in [2.05, 4.69) is 5.32 Å². The first-order chi connectivity index (χ1) is 13.6. The zero-order chi connectivity index (χ0) is 19.9. The number of nitrogens with one attached hydrogen (secondary N) is 1. The SMILES string of the molecule is CCOC(=O)C1CCC(CNC(=O)N2CCC[C@H]2c2ccc(OC)cc2)CC1. The molecule has 1 saturated carbocycles. The maximum absolute atomic E-state index is 12.8. The molecular formula is C22H32N2O4. The molecule has 1 saturated heterocycles. The monoisotopic (exact) mass is 388 g/mol. The average Bonchev–Trinajstić information content (AvgIpc) is 3.22. The molecule has 2 fully saturated rings. The topological polar surface area (TPSA) is 67.9 Å². The molecule has 1 N–H and O–H groups in total. The van der Waals surface area contributed by atoms with E-state index < -0.39 is 0 Å². The molecule has 1 heterocycles. The van der Waals surface area contributed by atoms with Crippen LogP contribution in [-0.4, -0.2) is 43.7 Å². The molecule has 1 atom stereocenters. The number of carbonyl (C=O) groups excluding carboxylic acids is 2. The summed E-state index contributed by atoms with van der Waals surface area (Å²) in [5.74, 6) is 1.24. The Bertz CT molecular complexity index is 653. The van der Waals surface area contributed by atoms with Crippen LogP contribution < -0.4 is 10.1 Å². The van der Waals surface area contributed by atoms with Crippen LogP contribution in [0.1, 0.15) is 57.1 Å². The maximum atomic E-state index is 12.8. The molecule has 1 aliphatic carbocycles. The summed E-state index contributed by atoms with van der Waals surface area (Å²) < 4.78 is 10.4. The first kappa shape index (κ1) is 20.5. The van der Waals surface area contributed by atoms with Gasteiger partial charge in [-0.2, -0.15) is 0 Å². The standard InChI is InChI=1S/C22H32N2O4/c1-3-28-21(25)18-8-6-16(7-9-18)15-23-22(26)24-14-4-5-20(24)17-10-12-19(27-2)13-11-17/h10-13,16,18,20H,3-9,14-15H2,1-2H3,(H,23,26)/t16?,18?,20-/m0/s1. The van der Waals surface area contributed by atoms with Crippen LogP contribution in [0.2, 0.25) is 0 Å². The van der Waals surface area contributed by atoms with E-state index >= 15 is 0 Å². The molecule has 6 heteroatoms. The Morgan fingerprint density at radius 1 is 1.11 bits per heavy atom. The van der Waals surface area contributed by atoms with E-state index in [1.807, 2.05) is 36.1 Å². The highest BCUT2D eigenvalue weighted by Crippen LogP contribution is 2.33. The van der Waals surface area contributed by atoms with Crippen LogP contribution in [0.4, 0.5) is 4.79 Å². The third-order valence-corrected chi connectivity index (χ3v) is 6.02. The number of ether oxygens (including phenoxy) is 2. The largest absolute Gasteiger partial charge is 0.497 e. The van der Waals surface area contributed by atoms with E-state index in [9.17, 15) is 9.59 Å². The Hall–Kier alpha value is -2.24. The second-order valence-corrected chi connectivity index (χ2v) is 7.78. The van der Waals surface area contributed by atoms with Gasteiger partial charge >= 0.3 is 12.0 Å². The van der Waals surface area contributed by atoms with E-state index in [0.29, 0.717) is 19.1 Å². The van der Waals surface area contributed by atoms with Gasteiger partial charge in [0.1, 0.15) is 5.75 Å². The zero-order valence-corrected chi connectivity index (χ0v) is 17.0. The van der Waals surface area contributed by atoms with Crippen LogP contribution in [-0.2, 0) is 9.53 Å². The maximum Gasteiger partial charge on any atom is 0.317 e. The van der Waals surface area contributed by atoms with Gasteiger partial charge in [-0.1, -0.05) is 12.1 Å². The van der Waals surface area contributed by atoms with Crippen molar-refractivity contribution < 1.29 is 19.1 Å². The second-order valence-electron chi connectivity index (χ2n) is 7.78. The quantitative estimate of drug-likeness (QED) is 0.750. The number of hydrogen-bond acceptors (Lipinski definition) is 4. The normalized spacial score (nSPS) is 24.6. The van der Waals surface area contributed by atoms with Crippen molar-refractivity contribution in [1.82, 2.24) is 10.2 Å². The Labute approximate surface area is 167 Å². The van der Waals surface area contributed by atoms with Crippen molar-refractivity contribution in [2.45, 2.75) is 51.5 Å². The van der Waals surface area contributed by atoms with Crippen molar-refractivity contribution >= 4 is 12.0 Å². The zero-order valence-electron chi connectivity index (χ0n) is 17.0. The van der Waals surface area contributed by atoms with Gasteiger partial charge < -0.3 is 19.7 Å². The highest BCUT2D eigenvalue weighted by atomic mass is 16.5. The molecule has 2 amide bonds. The van der Waals surface area contributed by atoms with Gasteiger partial charge in [0.05, 0.1) is 25.7 Å². The lowest BCUT2D eigenvalue weighted by atomic mass is 9.82. The molecule has 1 aromatic rings. The van der Waals surface area contributed by atoms with Crippen molar-refractivity contribution in [2.75, 3.05) is 26.8 Å². The molecule has 2 aliphatic rings. The lowest BCUT2D eigenvalue weighted by Gasteiger charge is -2.29. The fraction of sp³-hybridized carbons (Fsp3) is 0.636. The number of urea groups is 1. The number of benzene rings is 1. The molecule has 6 nitrogen and oxygen atoms in total. The van der Waals surface area contributed by atoms with Crippen molar-refractivity contribution in [2.24, 2.45) is 11.8 Å². The lowest BCUT2D eigenvalue weighted by molar-refractivity contribution is -0.149. The molecule has 0 unspecified atom stereocenters. The Kier molecular flexibility index (Phi) is 7.18. The molecular weight excluding hydrogens is 356 g/mol. The summed E-state index contributed by atoms with van der Waals surface area (Å²) in [6.45, 7) is 3.76. The second kappa shape index (κ2) is 9.80. The van der Waals surface area contributed by atoms with Gasteiger partial charge in [0.15, 0.2) is 0 Å². The first-order valence-electron chi connectivity index (χ1n) is 10.5. The van der Waals surface area contributed by atoms with Crippen LogP contribution in [0.3, 0.4) is 0 Å². The molecule has 3 rings (SSSR count). The molecule has 0 aromatic heterocycles. The Balaban J connectivity index is 1.47. The van der Waals surface area contributed by atoms with Crippen LogP contribution in [0.25, 0.3) is 0 Å². The van der Waals surface area contributed by atoms with Gasteiger partial charge in [0.2, 0.25) is 0 Å². The van der Waals surface area contributed by atoms with Gasteiger partial charge in [-0.3, -0.25) is 4.79 Å². The molecule has 28 heavy (non-hydrogen) atoms. The number of methoxy groups -OCH3 is 1. The predicted octanol–water partition coefficient (Wildman–Crippen LogP) is 3.91. The number of nitrogens with zero attached hydrogens (tertiary/aromatic N) is 1. The smallest absolute Gasteiger partial charge is 0.317 e. The van der Waals surface area contributed by atoms with Gasteiger partial charge in [-0.15, -0.1) is 0 Å². The third-order valence-electron chi connectivity index (χ3n) is 6.02. The highest BCUT2D eigenvalue weighted by Gasteiger charge is 2.31. The molecule has 1 aliphatic heterocycles. The number of carbonyl (C=O) groups is 2. The predicted molar refractivity (Wildman–Crippen MR) is 107 cm³/mol. The summed E-state index contributed by atoms with van der Waals surface area (Å²) in [4.78, 5) is 26.6. The van der Waals surface area contributed by atoms with Crippen molar-refractivity contribution in [3.63, 3.8) is 0 Å². The fourth-order valence-electron chi connectivity index (χ4n) is 4.38. The number of amides is 2. The first-order valence-corrected chi connectivity index (χ1v) is 10.5. The van der Waals surface area contributed by atoms with E-state index in [4.69, 9.17) is 9.47 Å². The minimum absolute atomic E-state index is 0.0193. The summed E-state index contributed by atoms with van der Waals surface area (Å²) in [5, 5.41) is 3.13. The summed E-state index contributed by atoms with van der Waals surface area (Å²) in [6.07, 6.45) is 5.66. The van der Waals surface area contributed by atoms with Crippen LogP contribution in [0.5, 0.6) is 5.75 Å². The van der Waals surface area contributed by atoms with E-state index in [0.717, 1.165) is 56.4 Å². The van der Waals surface area contributed by atoms with Crippen LogP contribution >= 0.6 is 0 Å². The minimum atomic E-state index is -0.0654. The van der Waals surface area contributed by atoms with E-state index in [-0.39, 0.29) is 24.0 Å². The summed E-state index contributed by atoms with van der Waals surface area (Å²) in [5.41, 5.74) is 1.16. The number of hydrogen-bond donors (Lipinski definition) is 1. The van der Waals surface area contributed by atoms with Crippen molar-refractivity contribution in [3.05, 3.63) is 29.8 Å².